The van der Waals surface area contributed by atoms with Crippen molar-refractivity contribution in [2.75, 3.05) is 31.8 Å². The zero-order valence-electron chi connectivity index (χ0n) is 21.6. The van der Waals surface area contributed by atoms with Gasteiger partial charge in [0, 0.05) is 42.8 Å². The molecule has 1 saturated heterocycles. The van der Waals surface area contributed by atoms with Crippen molar-refractivity contribution in [3.8, 4) is 5.75 Å². The molecule has 198 valence electrons. The van der Waals surface area contributed by atoms with Crippen LogP contribution in [0.2, 0.25) is 5.02 Å². The van der Waals surface area contributed by atoms with Gasteiger partial charge in [0.25, 0.3) is 0 Å². The van der Waals surface area contributed by atoms with Crippen LogP contribution in [-0.2, 0) is 15.3 Å². The molecule has 0 aliphatic carbocycles. The number of para-hydroxylation sites is 1. The molecule has 0 aromatic heterocycles. The van der Waals surface area contributed by atoms with Crippen LogP contribution in [0.5, 0.6) is 5.75 Å². The molecule has 6 nitrogen and oxygen atoms in total. The van der Waals surface area contributed by atoms with Gasteiger partial charge in [0.1, 0.15) is 5.75 Å². The average molecular weight is 526 g/mol. The molecule has 1 heterocycles. The Morgan fingerprint density at radius 3 is 2.43 bits per heavy atom. The van der Waals surface area contributed by atoms with Gasteiger partial charge in [-0.25, -0.2) is 0 Å². The molecule has 0 saturated carbocycles. The lowest BCUT2D eigenvalue weighted by atomic mass is 9.89. The predicted octanol–water partition coefficient (Wildman–Crippen LogP) is 5.69. The summed E-state index contributed by atoms with van der Waals surface area (Å²) < 4.78 is 17.8. The van der Waals surface area contributed by atoms with Crippen molar-refractivity contribution in [3.63, 3.8) is 0 Å². The second-order valence-corrected chi connectivity index (χ2v) is 9.64. The number of halogens is 1. The van der Waals surface area contributed by atoms with Crippen LogP contribution in [0.3, 0.4) is 0 Å². The number of hydrogen-bond acceptors (Lipinski definition) is 6. The molecule has 1 fully saturated rings. The minimum atomic E-state index is -1.20. The van der Waals surface area contributed by atoms with E-state index in [1.165, 1.54) is 0 Å². The van der Waals surface area contributed by atoms with Gasteiger partial charge >= 0.3 is 0 Å². The average Bonchev–Trinajstić information content (AvgIpc) is 2.93. The smallest absolute Gasteiger partial charge is 0.197 e. The summed E-state index contributed by atoms with van der Waals surface area (Å²) >= 11 is 6.90. The van der Waals surface area contributed by atoms with E-state index in [4.69, 9.17) is 25.8 Å². The fourth-order valence-corrected chi connectivity index (χ4v) is 5.39. The Bertz CT molecular complexity index is 1140. The largest absolute Gasteiger partial charge is 0.494 e. The number of nitrogens with zero attached hydrogens (tertiary/aromatic N) is 1. The van der Waals surface area contributed by atoms with E-state index < -0.39 is 18.0 Å². The quantitative estimate of drug-likeness (QED) is 0.354. The van der Waals surface area contributed by atoms with Crippen molar-refractivity contribution in [3.05, 3.63) is 94.5 Å². The summed E-state index contributed by atoms with van der Waals surface area (Å²) in [5, 5.41) is 21.0. The van der Waals surface area contributed by atoms with Crippen molar-refractivity contribution < 1.29 is 24.4 Å². The third kappa shape index (κ3) is 5.95. The Labute approximate surface area is 224 Å². The number of rotatable bonds is 10. The molecular formula is C30H36ClNO5. The maximum atomic E-state index is 10.6. The number of ether oxygens (including phenoxy) is 3. The van der Waals surface area contributed by atoms with E-state index >= 15 is 0 Å². The normalized spacial score (nSPS) is 22.4. The van der Waals surface area contributed by atoms with Gasteiger partial charge in [-0.2, -0.15) is 0 Å². The van der Waals surface area contributed by atoms with Crippen molar-refractivity contribution in [2.45, 2.75) is 50.7 Å². The Morgan fingerprint density at radius 2 is 1.81 bits per heavy atom. The molecule has 3 aromatic carbocycles. The first-order valence-electron chi connectivity index (χ1n) is 12.8. The molecule has 37 heavy (non-hydrogen) atoms. The highest BCUT2D eigenvalue weighted by molar-refractivity contribution is 6.31. The molecule has 0 amide bonds. The Kier molecular flexibility index (Phi) is 9.11. The summed E-state index contributed by atoms with van der Waals surface area (Å²) in [5.74, 6) is -0.386. The lowest BCUT2D eigenvalue weighted by molar-refractivity contribution is -0.298. The fraction of sp³-hybridized carbons (Fsp3) is 0.400. The first kappa shape index (κ1) is 27.4. The molecule has 2 N–H and O–H groups in total. The third-order valence-corrected chi connectivity index (χ3v) is 7.25. The summed E-state index contributed by atoms with van der Waals surface area (Å²) in [4.78, 5) is 2.30. The van der Waals surface area contributed by atoms with Crippen LogP contribution in [-0.4, -0.2) is 49.3 Å². The van der Waals surface area contributed by atoms with Crippen LogP contribution in [0.25, 0.3) is 0 Å². The van der Waals surface area contributed by atoms with Crippen molar-refractivity contribution in [1.29, 1.82) is 0 Å². The van der Waals surface area contributed by atoms with Crippen LogP contribution in [0.1, 0.15) is 49.4 Å². The highest BCUT2D eigenvalue weighted by Gasteiger charge is 2.43. The third-order valence-electron chi connectivity index (χ3n) is 6.91. The standard InChI is InChI=1S/C30H36ClNO5/c1-4-32(23-9-7-6-8-10-23)29(21-11-14-25(15-12-21)36-5-2)27-17-22(13-16-28(27)31)30(35-3)19-24(34)18-26(20-33)37-30/h6-17,24,26,29,33-34H,4-5,18-20H2,1-3H3/t24?,26?,29?,30-/m1/s1. The molecular weight excluding hydrogens is 490 g/mol. The first-order valence-corrected chi connectivity index (χ1v) is 13.2. The second-order valence-electron chi connectivity index (χ2n) is 9.24. The number of benzene rings is 3. The monoisotopic (exact) mass is 525 g/mol. The van der Waals surface area contributed by atoms with E-state index in [0.29, 0.717) is 18.1 Å². The van der Waals surface area contributed by atoms with Crippen LogP contribution < -0.4 is 9.64 Å². The molecule has 4 atom stereocenters. The molecule has 1 aliphatic heterocycles. The Hall–Kier alpha value is -2.61. The molecule has 7 heteroatoms. The molecule has 3 aromatic rings. The molecule has 0 bridgehead atoms. The Morgan fingerprint density at radius 1 is 1.08 bits per heavy atom. The number of methoxy groups -OCH3 is 1. The van der Waals surface area contributed by atoms with Crippen LogP contribution in [0, 0.1) is 0 Å². The SMILES string of the molecule is CCOc1ccc(C(c2cc([C@@]3(OC)CC(O)CC(CO)O3)ccc2Cl)N(CC)c2ccccc2)cc1. The van der Waals surface area contributed by atoms with Gasteiger partial charge in [0.15, 0.2) is 5.79 Å². The lowest BCUT2D eigenvalue weighted by Gasteiger charge is -2.42. The Balaban J connectivity index is 1.85. The van der Waals surface area contributed by atoms with E-state index in [1.54, 1.807) is 7.11 Å². The summed E-state index contributed by atoms with van der Waals surface area (Å²) in [6, 6.07) is 23.8. The summed E-state index contributed by atoms with van der Waals surface area (Å²) in [6.07, 6.45) is -0.580. The summed E-state index contributed by atoms with van der Waals surface area (Å²) in [7, 11) is 1.56. The second kappa shape index (κ2) is 12.3. The van der Waals surface area contributed by atoms with E-state index in [2.05, 4.69) is 36.1 Å². The maximum Gasteiger partial charge on any atom is 0.197 e. The van der Waals surface area contributed by atoms with Gasteiger partial charge in [-0.15, -0.1) is 0 Å². The van der Waals surface area contributed by atoms with Gasteiger partial charge in [0.2, 0.25) is 0 Å². The highest BCUT2D eigenvalue weighted by Crippen LogP contribution is 2.43. The van der Waals surface area contributed by atoms with E-state index in [0.717, 1.165) is 34.7 Å². The number of hydrogen-bond donors (Lipinski definition) is 2. The zero-order valence-corrected chi connectivity index (χ0v) is 22.4. The van der Waals surface area contributed by atoms with Crippen molar-refractivity contribution >= 4 is 17.3 Å². The number of aliphatic hydroxyl groups excluding tert-OH is 2. The summed E-state index contributed by atoms with van der Waals surface area (Å²) in [5.41, 5.74) is 3.75. The number of aliphatic hydroxyl groups is 2. The predicted molar refractivity (Wildman–Crippen MR) is 146 cm³/mol. The van der Waals surface area contributed by atoms with Gasteiger partial charge < -0.3 is 29.3 Å². The molecule has 0 radical (unpaired) electrons. The van der Waals surface area contributed by atoms with Gasteiger partial charge in [-0.05, 0) is 61.4 Å². The molecule has 4 rings (SSSR count). The first-order chi connectivity index (χ1) is 17.9. The van der Waals surface area contributed by atoms with Gasteiger partial charge in [0.05, 0.1) is 31.5 Å². The van der Waals surface area contributed by atoms with Crippen LogP contribution in [0.4, 0.5) is 5.69 Å². The zero-order chi connectivity index (χ0) is 26.4. The van der Waals surface area contributed by atoms with Crippen molar-refractivity contribution in [1.82, 2.24) is 0 Å². The molecule has 0 spiro atoms. The molecule has 1 aliphatic rings. The minimum absolute atomic E-state index is 0.199. The van der Waals surface area contributed by atoms with E-state index in [-0.39, 0.29) is 19.1 Å². The highest BCUT2D eigenvalue weighted by atomic mass is 35.5. The van der Waals surface area contributed by atoms with Gasteiger partial charge in [-0.3, -0.25) is 0 Å². The van der Waals surface area contributed by atoms with Crippen molar-refractivity contribution in [2.24, 2.45) is 0 Å². The number of anilines is 1. The van der Waals surface area contributed by atoms with Gasteiger partial charge in [-0.1, -0.05) is 48.0 Å². The minimum Gasteiger partial charge on any atom is -0.494 e. The van der Waals surface area contributed by atoms with Crippen LogP contribution in [0.15, 0.2) is 72.8 Å². The van der Waals surface area contributed by atoms with E-state index in [1.807, 2.05) is 55.5 Å². The van der Waals surface area contributed by atoms with E-state index in [9.17, 15) is 10.2 Å². The lowest BCUT2D eigenvalue weighted by Crippen LogP contribution is -2.46. The van der Waals surface area contributed by atoms with Crippen LogP contribution >= 0.6 is 11.6 Å². The molecule has 3 unspecified atom stereocenters. The topological polar surface area (TPSA) is 71.4 Å². The maximum absolute atomic E-state index is 10.6. The fourth-order valence-electron chi connectivity index (χ4n) is 5.17. The summed E-state index contributed by atoms with van der Waals surface area (Å²) in [6.45, 7) is 5.22.